The number of rotatable bonds is 5. The van der Waals surface area contributed by atoms with E-state index in [2.05, 4.69) is 36.2 Å². The van der Waals surface area contributed by atoms with Gasteiger partial charge in [-0.1, -0.05) is 13.8 Å². The number of aromatic carboxylic acids is 1. The minimum Gasteiger partial charge on any atom is -0.478 e. The minimum atomic E-state index is -0.816. The molecule has 0 amide bonds. The smallest absolute Gasteiger partial charge is 0.337 e. The van der Waals surface area contributed by atoms with Crippen molar-refractivity contribution in [3.8, 4) is 10.4 Å². The largest absolute Gasteiger partial charge is 0.478 e. The van der Waals surface area contributed by atoms with Crippen LogP contribution >= 0.6 is 11.3 Å². The summed E-state index contributed by atoms with van der Waals surface area (Å²) in [6, 6.07) is 4.15. The van der Waals surface area contributed by atoms with Crippen LogP contribution in [0.15, 0.2) is 12.1 Å². The van der Waals surface area contributed by atoms with Crippen LogP contribution in [0.3, 0.4) is 0 Å². The van der Waals surface area contributed by atoms with Gasteiger partial charge < -0.3 is 15.3 Å². The zero-order chi connectivity index (χ0) is 19.9. The van der Waals surface area contributed by atoms with Gasteiger partial charge in [0.2, 0.25) is 0 Å². The number of carbonyl (C=O) groups is 1. The number of nitrogens with one attached hydrogen (secondary N) is 1. The molecule has 2 N–H and O–H groups in total. The Morgan fingerprint density at radius 2 is 2.07 bits per heavy atom. The van der Waals surface area contributed by atoms with E-state index in [1.165, 1.54) is 17.7 Å². The molecular formula is C22H29N3O2S. The van der Waals surface area contributed by atoms with Crippen LogP contribution in [0.1, 0.15) is 59.6 Å². The lowest BCUT2D eigenvalue weighted by Gasteiger charge is -2.29. The van der Waals surface area contributed by atoms with Crippen molar-refractivity contribution in [1.82, 2.24) is 10.3 Å². The third kappa shape index (κ3) is 3.55. The lowest BCUT2D eigenvalue weighted by atomic mass is 9.76. The summed E-state index contributed by atoms with van der Waals surface area (Å²) in [5.74, 6) is 0.190. The summed E-state index contributed by atoms with van der Waals surface area (Å²) in [5, 5.41) is 13.3. The highest BCUT2D eigenvalue weighted by Crippen LogP contribution is 2.45. The van der Waals surface area contributed by atoms with Crippen LogP contribution in [0.25, 0.3) is 10.4 Å². The zero-order valence-corrected chi connectivity index (χ0v) is 17.8. The molecule has 6 heteroatoms. The molecule has 1 fully saturated rings. The van der Waals surface area contributed by atoms with Crippen LogP contribution in [-0.2, 0) is 19.4 Å². The molecule has 0 unspecified atom stereocenters. The molecule has 28 heavy (non-hydrogen) atoms. The van der Waals surface area contributed by atoms with Crippen LogP contribution in [-0.4, -0.2) is 36.2 Å². The second kappa shape index (κ2) is 7.48. The van der Waals surface area contributed by atoms with Gasteiger partial charge in [0.25, 0.3) is 0 Å². The van der Waals surface area contributed by atoms with Crippen LogP contribution in [0, 0.1) is 5.41 Å². The monoisotopic (exact) mass is 399 g/mol. The Labute approximate surface area is 170 Å². The summed E-state index contributed by atoms with van der Waals surface area (Å²) in [6.45, 7) is 7.20. The molecule has 0 radical (unpaired) electrons. The van der Waals surface area contributed by atoms with Gasteiger partial charge in [-0.15, -0.1) is 11.3 Å². The van der Waals surface area contributed by atoms with E-state index in [1.807, 2.05) is 7.05 Å². The predicted octanol–water partition coefficient (Wildman–Crippen LogP) is 4.34. The van der Waals surface area contributed by atoms with E-state index in [-0.39, 0.29) is 5.41 Å². The standard InChI is InChI=1S/C22H29N3O2S/c1-22(2)9-8-17-15(12-22)19(21(26)27)20(28-17)14-6-7-18(24-16(14)13-23-3)25-10-4-5-11-25/h6-7,23H,4-5,8-13H2,1-3H3,(H,26,27). The van der Waals surface area contributed by atoms with Gasteiger partial charge >= 0.3 is 5.97 Å². The third-order valence-corrected chi connectivity index (χ3v) is 7.29. The van der Waals surface area contributed by atoms with Gasteiger partial charge in [-0.2, -0.15) is 0 Å². The Morgan fingerprint density at radius 3 is 2.75 bits per heavy atom. The van der Waals surface area contributed by atoms with Crippen molar-refractivity contribution < 1.29 is 9.90 Å². The van der Waals surface area contributed by atoms with E-state index in [0.717, 1.165) is 59.9 Å². The minimum absolute atomic E-state index is 0.154. The first-order valence-electron chi connectivity index (χ1n) is 10.2. The van der Waals surface area contributed by atoms with Gasteiger partial charge in [-0.05, 0) is 62.3 Å². The fourth-order valence-corrected chi connectivity index (χ4v) is 5.81. The number of thiophene rings is 1. The number of hydrogen-bond acceptors (Lipinski definition) is 5. The highest BCUT2D eigenvalue weighted by Gasteiger charge is 2.33. The second-order valence-corrected chi connectivity index (χ2v) is 9.85. The van der Waals surface area contributed by atoms with Gasteiger partial charge in [0.1, 0.15) is 5.82 Å². The third-order valence-electron chi connectivity index (χ3n) is 5.97. The second-order valence-electron chi connectivity index (χ2n) is 8.74. The van der Waals surface area contributed by atoms with E-state index >= 15 is 0 Å². The van der Waals surface area contributed by atoms with Crippen molar-refractivity contribution >= 4 is 23.1 Å². The summed E-state index contributed by atoms with van der Waals surface area (Å²) in [5.41, 5.74) is 3.60. The average Bonchev–Trinajstić information content (AvgIpc) is 3.28. The van der Waals surface area contributed by atoms with Gasteiger partial charge in [0.15, 0.2) is 0 Å². The van der Waals surface area contributed by atoms with Crippen molar-refractivity contribution in [2.24, 2.45) is 5.41 Å². The van der Waals surface area contributed by atoms with Crippen molar-refractivity contribution in [1.29, 1.82) is 0 Å². The van der Waals surface area contributed by atoms with Gasteiger partial charge in [-0.3, -0.25) is 0 Å². The van der Waals surface area contributed by atoms with Crippen molar-refractivity contribution in [3.63, 3.8) is 0 Å². The Hall–Kier alpha value is -1.92. The van der Waals surface area contributed by atoms with Crippen molar-refractivity contribution in [3.05, 3.63) is 33.8 Å². The van der Waals surface area contributed by atoms with E-state index in [4.69, 9.17) is 4.98 Å². The molecule has 0 atom stereocenters. The number of nitrogens with zero attached hydrogens (tertiary/aromatic N) is 2. The first-order chi connectivity index (χ1) is 13.4. The van der Waals surface area contributed by atoms with E-state index in [9.17, 15) is 9.90 Å². The Bertz CT molecular complexity index is 897. The zero-order valence-electron chi connectivity index (χ0n) is 17.0. The van der Waals surface area contributed by atoms with Crippen LogP contribution in [0.5, 0.6) is 0 Å². The molecule has 0 saturated carbocycles. The molecule has 3 heterocycles. The first-order valence-corrected chi connectivity index (χ1v) is 11.0. The van der Waals surface area contributed by atoms with Crippen LogP contribution < -0.4 is 10.2 Å². The molecule has 1 saturated heterocycles. The Balaban J connectivity index is 1.82. The maximum absolute atomic E-state index is 12.2. The molecular weight excluding hydrogens is 370 g/mol. The molecule has 5 nitrogen and oxygen atoms in total. The molecule has 2 aliphatic rings. The van der Waals surface area contributed by atoms with E-state index in [1.54, 1.807) is 11.3 Å². The molecule has 0 bridgehead atoms. The van der Waals surface area contributed by atoms with Crippen LogP contribution in [0.4, 0.5) is 5.82 Å². The number of aromatic nitrogens is 1. The Morgan fingerprint density at radius 1 is 1.32 bits per heavy atom. The van der Waals surface area contributed by atoms with Gasteiger partial charge in [0, 0.05) is 30.1 Å². The van der Waals surface area contributed by atoms with Crippen LogP contribution in [0.2, 0.25) is 0 Å². The first kappa shape index (κ1) is 19.4. The normalized spacial score (nSPS) is 18.3. The summed E-state index contributed by atoms with van der Waals surface area (Å²) < 4.78 is 0. The number of fused-ring (bicyclic) bond motifs is 1. The van der Waals surface area contributed by atoms with Gasteiger partial charge in [-0.25, -0.2) is 9.78 Å². The maximum atomic E-state index is 12.2. The number of carboxylic acids is 1. The highest BCUT2D eigenvalue weighted by molar-refractivity contribution is 7.16. The van der Waals surface area contributed by atoms with Crippen molar-refractivity contribution in [2.75, 3.05) is 25.0 Å². The molecule has 0 aromatic carbocycles. The summed E-state index contributed by atoms with van der Waals surface area (Å²) >= 11 is 1.66. The lowest BCUT2D eigenvalue weighted by Crippen LogP contribution is -2.22. The summed E-state index contributed by atoms with van der Waals surface area (Å²) in [6.07, 6.45) is 5.33. The predicted molar refractivity (Wildman–Crippen MR) is 115 cm³/mol. The Kier molecular flexibility index (Phi) is 5.19. The maximum Gasteiger partial charge on any atom is 0.337 e. The number of hydrogen-bond donors (Lipinski definition) is 2. The number of carboxylic acid groups (broad SMARTS) is 1. The van der Waals surface area contributed by atoms with E-state index in [0.29, 0.717) is 12.1 Å². The summed E-state index contributed by atoms with van der Waals surface area (Å²) in [4.78, 5) is 21.6. The number of anilines is 1. The quantitative estimate of drug-likeness (QED) is 0.783. The highest BCUT2D eigenvalue weighted by atomic mass is 32.1. The molecule has 2 aromatic rings. The number of pyridine rings is 1. The molecule has 4 rings (SSSR count). The number of aryl methyl sites for hydroxylation is 1. The topological polar surface area (TPSA) is 65.5 Å². The lowest BCUT2D eigenvalue weighted by molar-refractivity contribution is 0.0696. The average molecular weight is 400 g/mol. The summed E-state index contributed by atoms with van der Waals surface area (Å²) in [7, 11) is 1.91. The van der Waals surface area contributed by atoms with Crippen molar-refractivity contribution in [2.45, 2.75) is 52.5 Å². The fourth-order valence-electron chi connectivity index (χ4n) is 4.46. The molecule has 1 aliphatic heterocycles. The molecule has 0 spiro atoms. The van der Waals surface area contributed by atoms with E-state index < -0.39 is 5.97 Å². The SMILES string of the molecule is CNCc1nc(N2CCCC2)ccc1-c1sc2c(c1C(=O)O)CC(C)(C)CC2. The molecule has 2 aromatic heterocycles. The molecule has 150 valence electrons. The molecule has 1 aliphatic carbocycles. The fraction of sp³-hybridized carbons (Fsp3) is 0.545. The van der Waals surface area contributed by atoms with Gasteiger partial charge in [0.05, 0.1) is 16.1 Å².